The van der Waals surface area contributed by atoms with Gasteiger partial charge in [-0.2, -0.15) is 0 Å². The molecule has 32 heavy (non-hydrogen) atoms. The van der Waals surface area contributed by atoms with Crippen molar-refractivity contribution in [2.75, 3.05) is 0 Å². The van der Waals surface area contributed by atoms with Crippen LogP contribution in [0.2, 0.25) is 0 Å². The van der Waals surface area contributed by atoms with E-state index in [9.17, 15) is 4.79 Å². The highest BCUT2D eigenvalue weighted by atomic mass is 16.1. The summed E-state index contributed by atoms with van der Waals surface area (Å²) in [5.41, 5.74) is 7.05. The van der Waals surface area contributed by atoms with Gasteiger partial charge in [0.1, 0.15) is 5.78 Å². The molecular weight excluding hydrogens is 388 g/mol. The van der Waals surface area contributed by atoms with Crippen LogP contribution < -0.4 is 0 Å². The third kappa shape index (κ3) is 4.49. The molecule has 3 aliphatic rings. The highest BCUT2D eigenvalue weighted by molar-refractivity contribution is 5.85. The van der Waals surface area contributed by atoms with Gasteiger partial charge in [-0.05, 0) is 62.0 Å². The first-order chi connectivity index (χ1) is 15.6. The molecule has 5 rings (SSSR count). The van der Waals surface area contributed by atoms with Crippen molar-refractivity contribution in [3.63, 3.8) is 0 Å². The Labute approximate surface area is 194 Å². The van der Waals surface area contributed by atoms with Gasteiger partial charge in [-0.1, -0.05) is 103 Å². The van der Waals surface area contributed by atoms with Gasteiger partial charge in [0.25, 0.3) is 0 Å². The van der Waals surface area contributed by atoms with E-state index in [1.54, 1.807) is 5.57 Å². The second-order valence-corrected chi connectivity index (χ2v) is 10.9. The summed E-state index contributed by atoms with van der Waals surface area (Å²) in [6.45, 7) is 4.32. The zero-order valence-electron chi connectivity index (χ0n) is 19.9. The fourth-order valence-electron chi connectivity index (χ4n) is 6.81. The number of ketones is 1. The van der Waals surface area contributed by atoms with Crippen LogP contribution in [0.25, 0.3) is 0 Å². The minimum atomic E-state index is 0.0805. The summed E-state index contributed by atoms with van der Waals surface area (Å²) in [5, 5.41) is 0. The summed E-state index contributed by atoms with van der Waals surface area (Å²) in [6, 6.07) is 18.1. The monoisotopic (exact) mass is 426 g/mol. The smallest absolute Gasteiger partial charge is 0.140 e. The zero-order valence-corrected chi connectivity index (χ0v) is 19.9. The van der Waals surface area contributed by atoms with Crippen molar-refractivity contribution in [2.45, 2.75) is 77.6 Å². The predicted octanol–water partition coefficient (Wildman–Crippen LogP) is 7.75. The minimum Gasteiger partial charge on any atom is -0.299 e. The number of aryl methyl sites for hydroxylation is 2. The summed E-state index contributed by atoms with van der Waals surface area (Å²) < 4.78 is 0. The summed E-state index contributed by atoms with van der Waals surface area (Å²) >= 11 is 0. The average molecular weight is 427 g/mol. The van der Waals surface area contributed by atoms with Crippen molar-refractivity contribution in [1.29, 1.82) is 0 Å². The van der Waals surface area contributed by atoms with Gasteiger partial charge in [-0.15, -0.1) is 0 Å². The Morgan fingerprint density at radius 1 is 0.812 bits per heavy atom. The molecule has 0 N–H and O–H groups in total. The SMILES string of the molecule is Cc1ccc(CC2CCCC3C2=CC(C(=O)CC2CCCC2)C3c2ccc(C)cc2)cc1. The van der Waals surface area contributed by atoms with Crippen LogP contribution in [-0.4, -0.2) is 5.78 Å². The van der Waals surface area contributed by atoms with E-state index in [2.05, 4.69) is 68.5 Å². The third-order valence-corrected chi connectivity index (χ3v) is 8.56. The van der Waals surface area contributed by atoms with Crippen molar-refractivity contribution in [2.24, 2.45) is 23.7 Å². The van der Waals surface area contributed by atoms with Crippen molar-refractivity contribution in [3.05, 3.63) is 82.4 Å². The van der Waals surface area contributed by atoms with E-state index in [0.29, 0.717) is 29.5 Å². The van der Waals surface area contributed by atoms with Gasteiger partial charge in [0.15, 0.2) is 0 Å². The zero-order chi connectivity index (χ0) is 22.1. The molecule has 2 fully saturated rings. The third-order valence-electron chi connectivity index (χ3n) is 8.56. The fourth-order valence-corrected chi connectivity index (χ4v) is 6.81. The number of rotatable bonds is 6. The minimum absolute atomic E-state index is 0.0805. The van der Waals surface area contributed by atoms with Gasteiger partial charge in [0.2, 0.25) is 0 Å². The van der Waals surface area contributed by atoms with Crippen molar-refractivity contribution >= 4 is 5.78 Å². The Morgan fingerprint density at radius 2 is 1.47 bits per heavy atom. The lowest BCUT2D eigenvalue weighted by molar-refractivity contribution is -0.123. The molecule has 4 atom stereocenters. The van der Waals surface area contributed by atoms with E-state index < -0.39 is 0 Å². The Bertz CT molecular complexity index is 959. The average Bonchev–Trinajstić information content (AvgIpc) is 3.44. The van der Waals surface area contributed by atoms with Crippen LogP contribution >= 0.6 is 0 Å². The topological polar surface area (TPSA) is 17.1 Å². The van der Waals surface area contributed by atoms with E-state index in [1.807, 2.05) is 0 Å². The van der Waals surface area contributed by atoms with E-state index >= 15 is 0 Å². The van der Waals surface area contributed by atoms with Gasteiger partial charge in [0, 0.05) is 18.3 Å². The second kappa shape index (κ2) is 9.38. The first-order valence-electron chi connectivity index (χ1n) is 12.9. The molecule has 168 valence electrons. The number of benzene rings is 2. The number of carbonyl (C=O) groups is 1. The van der Waals surface area contributed by atoms with Crippen molar-refractivity contribution < 1.29 is 4.79 Å². The lowest BCUT2D eigenvalue weighted by Gasteiger charge is -2.34. The molecule has 2 aromatic rings. The largest absolute Gasteiger partial charge is 0.299 e. The maximum absolute atomic E-state index is 13.7. The molecule has 4 unspecified atom stereocenters. The Balaban J connectivity index is 1.44. The maximum Gasteiger partial charge on any atom is 0.140 e. The van der Waals surface area contributed by atoms with E-state index in [0.717, 1.165) is 12.8 Å². The van der Waals surface area contributed by atoms with E-state index in [-0.39, 0.29) is 5.92 Å². The molecular formula is C31H38O. The highest BCUT2D eigenvalue weighted by Crippen LogP contribution is 2.53. The Morgan fingerprint density at radius 3 is 2.16 bits per heavy atom. The normalized spacial score (nSPS) is 27.9. The highest BCUT2D eigenvalue weighted by Gasteiger charge is 2.45. The predicted molar refractivity (Wildman–Crippen MR) is 133 cm³/mol. The van der Waals surface area contributed by atoms with Crippen LogP contribution in [-0.2, 0) is 11.2 Å². The Kier molecular flexibility index (Phi) is 6.35. The second-order valence-electron chi connectivity index (χ2n) is 10.9. The molecule has 0 aliphatic heterocycles. The number of hydrogen-bond acceptors (Lipinski definition) is 1. The summed E-state index contributed by atoms with van der Waals surface area (Å²) in [7, 11) is 0. The molecule has 0 radical (unpaired) electrons. The number of Topliss-reactive ketones (excluding diaryl/α,β-unsaturated/α-hetero) is 1. The molecule has 0 aromatic heterocycles. The molecule has 1 heteroatoms. The molecule has 1 nitrogen and oxygen atoms in total. The molecule has 2 saturated carbocycles. The van der Waals surface area contributed by atoms with Gasteiger partial charge >= 0.3 is 0 Å². The molecule has 0 saturated heterocycles. The van der Waals surface area contributed by atoms with E-state index in [1.165, 1.54) is 67.2 Å². The van der Waals surface area contributed by atoms with Crippen molar-refractivity contribution in [1.82, 2.24) is 0 Å². The van der Waals surface area contributed by atoms with Gasteiger partial charge in [-0.25, -0.2) is 0 Å². The summed E-state index contributed by atoms with van der Waals surface area (Å²) in [6.07, 6.45) is 13.3. The fraction of sp³-hybridized carbons (Fsp3) is 0.516. The molecule has 0 amide bonds. The van der Waals surface area contributed by atoms with Gasteiger partial charge in [-0.3, -0.25) is 4.79 Å². The van der Waals surface area contributed by atoms with Crippen LogP contribution in [0.1, 0.15) is 79.5 Å². The van der Waals surface area contributed by atoms with Crippen LogP contribution in [0.4, 0.5) is 0 Å². The van der Waals surface area contributed by atoms with Crippen LogP contribution in [0, 0.1) is 37.5 Å². The number of carbonyl (C=O) groups excluding carboxylic acids is 1. The lowest BCUT2D eigenvalue weighted by atomic mass is 9.69. The van der Waals surface area contributed by atoms with Gasteiger partial charge < -0.3 is 0 Å². The number of fused-ring (bicyclic) bond motifs is 1. The quantitative estimate of drug-likeness (QED) is 0.431. The molecule has 3 aliphatic carbocycles. The molecule has 0 spiro atoms. The van der Waals surface area contributed by atoms with Crippen LogP contribution in [0.3, 0.4) is 0 Å². The molecule has 0 bridgehead atoms. The summed E-state index contributed by atoms with van der Waals surface area (Å²) in [4.78, 5) is 13.7. The molecule has 0 heterocycles. The van der Waals surface area contributed by atoms with E-state index in [4.69, 9.17) is 0 Å². The lowest BCUT2D eigenvalue weighted by Crippen LogP contribution is -2.26. The van der Waals surface area contributed by atoms with Crippen molar-refractivity contribution in [3.8, 4) is 0 Å². The number of hydrogen-bond donors (Lipinski definition) is 0. The first kappa shape index (κ1) is 21.7. The summed E-state index contributed by atoms with van der Waals surface area (Å²) in [5.74, 6) is 2.70. The van der Waals surface area contributed by atoms with Gasteiger partial charge in [0.05, 0.1) is 0 Å². The molecule has 2 aromatic carbocycles. The standard InChI is InChI=1S/C31H38O/c1-21-10-14-24(15-11-21)18-26-8-5-9-27-28(26)20-29(30(32)19-23-6-3-4-7-23)31(27)25-16-12-22(2)13-17-25/h10-17,20,23,26-27,29,31H,3-9,18-19H2,1-2H3. The van der Waals surface area contributed by atoms with Crippen LogP contribution in [0.5, 0.6) is 0 Å². The maximum atomic E-state index is 13.7. The number of allylic oxidation sites excluding steroid dienone is 2. The Hall–Kier alpha value is -2.15. The first-order valence-corrected chi connectivity index (χ1v) is 12.9. The van der Waals surface area contributed by atoms with Crippen LogP contribution in [0.15, 0.2) is 60.2 Å².